The van der Waals surface area contributed by atoms with Crippen molar-refractivity contribution in [2.24, 2.45) is 5.16 Å². The van der Waals surface area contributed by atoms with E-state index in [0.717, 1.165) is 16.7 Å². The fourth-order valence-electron chi connectivity index (χ4n) is 3.13. The van der Waals surface area contributed by atoms with Crippen molar-refractivity contribution < 1.29 is 19.2 Å². The molecule has 1 aliphatic heterocycles. The summed E-state index contributed by atoms with van der Waals surface area (Å²) in [5.41, 5.74) is 3.22. The van der Waals surface area contributed by atoms with Gasteiger partial charge in [0.1, 0.15) is 5.71 Å². The average Bonchev–Trinajstić information content (AvgIpc) is 3.18. The van der Waals surface area contributed by atoms with Gasteiger partial charge in [-0.1, -0.05) is 65.3 Å². The second-order valence-corrected chi connectivity index (χ2v) is 7.43. The van der Waals surface area contributed by atoms with E-state index in [0.29, 0.717) is 12.1 Å². The van der Waals surface area contributed by atoms with E-state index in [2.05, 4.69) is 10.5 Å². The number of rotatable bonds is 7. The van der Waals surface area contributed by atoms with Crippen LogP contribution >= 0.6 is 0 Å². The van der Waals surface area contributed by atoms with Gasteiger partial charge in [-0.25, -0.2) is 0 Å². The van der Waals surface area contributed by atoms with Crippen LogP contribution in [0.3, 0.4) is 0 Å². The van der Waals surface area contributed by atoms with E-state index in [1.807, 2.05) is 61.5 Å². The second-order valence-electron chi connectivity index (χ2n) is 7.43. The van der Waals surface area contributed by atoms with Gasteiger partial charge >= 0.3 is 5.97 Å². The summed E-state index contributed by atoms with van der Waals surface area (Å²) < 4.78 is 5.26. The van der Waals surface area contributed by atoms with E-state index >= 15 is 0 Å². The number of carbonyl (C=O) groups is 2. The molecule has 2 unspecified atom stereocenters. The molecule has 3 rings (SSSR count). The summed E-state index contributed by atoms with van der Waals surface area (Å²) >= 11 is 0. The molecule has 1 aliphatic rings. The van der Waals surface area contributed by atoms with Crippen molar-refractivity contribution >= 4 is 17.6 Å². The Labute approximate surface area is 170 Å². The third kappa shape index (κ3) is 5.67. The van der Waals surface area contributed by atoms with Crippen molar-refractivity contribution in [3.8, 4) is 0 Å². The molecule has 0 aliphatic carbocycles. The van der Waals surface area contributed by atoms with Crippen LogP contribution in [0, 0.1) is 6.92 Å². The standard InChI is InChI=1S/C23H26N2O4/c1-15(2)28-22(26)14-19(17-11-9-16(3)10-12-17)24-23(27)20-13-21(29-25-20)18-7-5-4-6-8-18/h4-12,15,19,21H,13-14H2,1-3H3,(H,24,27). The third-order valence-electron chi connectivity index (χ3n) is 4.63. The van der Waals surface area contributed by atoms with Crippen LogP contribution in [0.25, 0.3) is 0 Å². The van der Waals surface area contributed by atoms with Gasteiger partial charge in [-0.3, -0.25) is 9.59 Å². The highest BCUT2D eigenvalue weighted by atomic mass is 16.6. The zero-order chi connectivity index (χ0) is 20.8. The largest absolute Gasteiger partial charge is 0.463 e. The molecular weight excluding hydrogens is 368 g/mol. The SMILES string of the molecule is Cc1ccc(C(CC(=O)OC(C)C)NC(=O)C2=NOC(c3ccccc3)C2)cc1. The summed E-state index contributed by atoms with van der Waals surface area (Å²) in [6.07, 6.45) is -0.0624. The van der Waals surface area contributed by atoms with Gasteiger partial charge in [0.15, 0.2) is 6.10 Å². The number of nitrogens with zero attached hydrogens (tertiary/aromatic N) is 1. The van der Waals surface area contributed by atoms with Crippen LogP contribution in [-0.4, -0.2) is 23.7 Å². The smallest absolute Gasteiger partial charge is 0.308 e. The molecule has 0 saturated heterocycles. The van der Waals surface area contributed by atoms with Crippen molar-refractivity contribution in [1.82, 2.24) is 5.32 Å². The molecule has 1 N–H and O–H groups in total. The van der Waals surface area contributed by atoms with Gasteiger partial charge in [0.05, 0.1) is 18.6 Å². The van der Waals surface area contributed by atoms with Crippen molar-refractivity contribution in [1.29, 1.82) is 0 Å². The molecule has 6 nitrogen and oxygen atoms in total. The normalized spacial score (nSPS) is 16.7. The number of amides is 1. The highest BCUT2D eigenvalue weighted by Crippen LogP contribution is 2.27. The lowest BCUT2D eigenvalue weighted by Crippen LogP contribution is -2.35. The Hall–Kier alpha value is -3.15. The highest BCUT2D eigenvalue weighted by Gasteiger charge is 2.29. The number of oxime groups is 1. The van der Waals surface area contributed by atoms with Crippen molar-refractivity contribution in [2.45, 2.75) is 51.9 Å². The Bertz CT molecular complexity index is 876. The molecule has 152 valence electrons. The van der Waals surface area contributed by atoms with E-state index in [4.69, 9.17) is 9.57 Å². The molecule has 6 heteroatoms. The Morgan fingerprint density at radius 2 is 1.83 bits per heavy atom. The molecule has 29 heavy (non-hydrogen) atoms. The summed E-state index contributed by atoms with van der Waals surface area (Å²) in [5, 5.41) is 6.89. The van der Waals surface area contributed by atoms with Crippen LogP contribution in [-0.2, 0) is 19.2 Å². The Balaban J connectivity index is 1.69. The number of esters is 1. The van der Waals surface area contributed by atoms with Crippen LogP contribution in [0.1, 0.15) is 55.5 Å². The molecule has 2 atom stereocenters. The molecule has 0 fully saturated rings. The van der Waals surface area contributed by atoms with E-state index in [1.165, 1.54) is 0 Å². The minimum absolute atomic E-state index is 0.0449. The van der Waals surface area contributed by atoms with Crippen LogP contribution in [0.2, 0.25) is 0 Å². The first-order valence-corrected chi connectivity index (χ1v) is 9.77. The molecule has 0 spiro atoms. The highest BCUT2D eigenvalue weighted by molar-refractivity contribution is 6.39. The predicted molar refractivity (Wildman–Crippen MR) is 110 cm³/mol. The van der Waals surface area contributed by atoms with Crippen molar-refractivity contribution in [3.63, 3.8) is 0 Å². The van der Waals surface area contributed by atoms with Crippen LogP contribution in [0.15, 0.2) is 59.8 Å². The summed E-state index contributed by atoms with van der Waals surface area (Å²) in [6, 6.07) is 16.9. The van der Waals surface area contributed by atoms with Crippen molar-refractivity contribution in [2.75, 3.05) is 0 Å². The maximum atomic E-state index is 12.8. The number of hydrogen-bond acceptors (Lipinski definition) is 5. The second kappa shape index (κ2) is 9.37. The number of benzene rings is 2. The Morgan fingerprint density at radius 3 is 2.48 bits per heavy atom. The minimum atomic E-state index is -0.507. The summed E-state index contributed by atoms with van der Waals surface area (Å²) in [4.78, 5) is 30.5. The zero-order valence-corrected chi connectivity index (χ0v) is 16.9. The first kappa shape index (κ1) is 20.6. The molecule has 2 aromatic rings. The molecule has 0 radical (unpaired) electrons. The lowest BCUT2D eigenvalue weighted by Gasteiger charge is -2.19. The van der Waals surface area contributed by atoms with Gasteiger partial charge in [-0.2, -0.15) is 0 Å². The zero-order valence-electron chi connectivity index (χ0n) is 16.9. The molecule has 1 amide bonds. The van der Waals surface area contributed by atoms with Gasteiger partial charge in [-0.05, 0) is 31.9 Å². The fourth-order valence-corrected chi connectivity index (χ4v) is 3.13. The number of hydrogen-bond donors (Lipinski definition) is 1. The monoisotopic (exact) mass is 394 g/mol. The molecule has 1 heterocycles. The van der Waals surface area contributed by atoms with Crippen molar-refractivity contribution in [3.05, 3.63) is 71.3 Å². The van der Waals surface area contributed by atoms with E-state index in [1.54, 1.807) is 13.8 Å². The van der Waals surface area contributed by atoms with Crippen LogP contribution in [0.5, 0.6) is 0 Å². The molecular formula is C23H26N2O4. The predicted octanol–water partition coefficient (Wildman–Crippen LogP) is 4.01. The topological polar surface area (TPSA) is 77.0 Å². The molecule has 2 aromatic carbocycles. The lowest BCUT2D eigenvalue weighted by atomic mass is 10.0. The van der Waals surface area contributed by atoms with Gasteiger partial charge in [0.25, 0.3) is 5.91 Å². The maximum absolute atomic E-state index is 12.8. The lowest BCUT2D eigenvalue weighted by molar-refractivity contribution is -0.148. The van der Waals surface area contributed by atoms with Gasteiger partial charge in [0, 0.05) is 6.42 Å². The summed E-state index contributed by atoms with van der Waals surface area (Å²) in [7, 11) is 0. The van der Waals surface area contributed by atoms with E-state index in [-0.39, 0.29) is 30.5 Å². The quantitative estimate of drug-likeness (QED) is 0.720. The number of nitrogens with one attached hydrogen (secondary N) is 1. The first-order valence-electron chi connectivity index (χ1n) is 9.77. The fraction of sp³-hybridized carbons (Fsp3) is 0.348. The van der Waals surface area contributed by atoms with E-state index in [9.17, 15) is 9.59 Å². The minimum Gasteiger partial charge on any atom is -0.463 e. The molecule has 0 aromatic heterocycles. The number of ether oxygens (including phenoxy) is 1. The van der Waals surface area contributed by atoms with E-state index < -0.39 is 6.04 Å². The Kier molecular flexibility index (Phi) is 6.65. The molecule has 0 bridgehead atoms. The van der Waals surface area contributed by atoms with Gasteiger partial charge in [0.2, 0.25) is 0 Å². The number of carbonyl (C=O) groups excluding carboxylic acids is 2. The summed E-state index contributed by atoms with van der Waals surface area (Å²) in [5.74, 6) is -0.705. The summed E-state index contributed by atoms with van der Waals surface area (Å²) in [6.45, 7) is 5.58. The third-order valence-corrected chi connectivity index (χ3v) is 4.63. The van der Waals surface area contributed by atoms with Gasteiger partial charge in [-0.15, -0.1) is 0 Å². The van der Waals surface area contributed by atoms with Crippen LogP contribution in [0.4, 0.5) is 0 Å². The Morgan fingerprint density at radius 1 is 1.14 bits per heavy atom. The van der Waals surface area contributed by atoms with Gasteiger partial charge < -0.3 is 14.9 Å². The number of aryl methyl sites for hydroxylation is 1. The first-order chi connectivity index (χ1) is 13.9. The van der Waals surface area contributed by atoms with Crippen LogP contribution < -0.4 is 5.32 Å². The molecule has 0 saturated carbocycles. The average molecular weight is 394 g/mol. The maximum Gasteiger partial charge on any atom is 0.308 e.